The van der Waals surface area contributed by atoms with E-state index in [0.717, 1.165) is 25.9 Å². The summed E-state index contributed by atoms with van der Waals surface area (Å²) < 4.78 is 0. The third-order valence-electron chi connectivity index (χ3n) is 5.70. The van der Waals surface area contributed by atoms with E-state index >= 15 is 0 Å². The molecule has 4 nitrogen and oxygen atoms in total. The Labute approximate surface area is 167 Å². The van der Waals surface area contributed by atoms with Gasteiger partial charge in [-0.2, -0.15) is 0 Å². The Kier molecular flexibility index (Phi) is 14.2. The maximum atomic E-state index is 12.2. The summed E-state index contributed by atoms with van der Waals surface area (Å²) in [4.78, 5) is 26.3. The van der Waals surface area contributed by atoms with Crippen LogP contribution in [-0.2, 0) is 9.59 Å². The van der Waals surface area contributed by atoms with E-state index in [0.29, 0.717) is 13.0 Å². The van der Waals surface area contributed by atoms with E-state index in [1.807, 2.05) is 4.90 Å². The van der Waals surface area contributed by atoms with Crippen molar-refractivity contribution in [3.05, 3.63) is 0 Å². The molecular weight excluding hydrogens is 336 g/mol. The van der Waals surface area contributed by atoms with Crippen LogP contribution in [-0.4, -0.2) is 36.3 Å². The highest BCUT2D eigenvalue weighted by Gasteiger charge is 2.33. The average molecular weight is 381 g/mol. The zero-order chi connectivity index (χ0) is 19.7. The van der Waals surface area contributed by atoms with Gasteiger partial charge in [-0.15, -0.1) is 0 Å². The summed E-state index contributed by atoms with van der Waals surface area (Å²) >= 11 is 0. The van der Waals surface area contributed by atoms with Crippen LogP contribution in [0.3, 0.4) is 0 Å². The number of rotatable bonds is 17. The van der Waals surface area contributed by atoms with Crippen LogP contribution in [0.1, 0.15) is 110 Å². The normalized spacial score (nSPS) is 16.9. The summed E-state index contributed by atoms with van der Waals surface area (Å²) in [5, 5.41) is 3.02. The molecule has 1 saturated heterocycles. The van der Waals surface area contributed by atoms with Gasteiger partial charge in [-0.25, -0.2) is 0 Å². The van der Waals surface area contributed by atoms with E-state index in [2.05, 4.69) is 19.2 Å². The molecule has 1 N–H and O–H groups in total. The lowest BCUT2D eigenvalue weighted by atomic mass is 10.1. The molecule has 0 aliphatic carbocycles. The highest BCUT2D eigenvalue weighted by molar-refractivity contribution is 5.89. The van der Waals surface area contributed by atoms with Crippen LogP contribution < -0.4 is 5.32 Å². The average Bonchev–Trinajstić information content (AvgIpc) is 3.04. The molecule has 27 heavy (non-hydrogen) atoms. The van der Waals surface area contributed by atoms with Crippen molar-refractivity contribution in [2.24, 2.45) is 5.92 Å². The van der Waals surface area contributed by atoms with Gasteiger partial charge in [0, 0.05) is 26.1 Å². The Morgan fingerprint density at radius 3 is 1.96 bits per heavy atom. The van der Waals surface area contributed by atoms with Crippen LogP contribution in [0.25, 0.3) is 0 Å². The highest BCUT2D eigenvalue weighted by Crippen LogP contribution is 2.19. The molecule has 4 heteroatoms. The van der Waals surface area contributed by atoms with Gasteiger partial charge in [0.05, 0.1) is 5.92 Å². The predicted molar refractivity (Wildman–Crippen MR) is 114 cm³/mol. The number of amides is 2. The minimum absolute atomic E-state index is 0.0745. The van der Waals surface area contributed by atoms with Crippen molar-refractivity contribution in [3.8, 4) is 0 Å². The van der Waals surface area contributed by atoms with E-state index in [1.54, 1.807) is 0 Å². The molecule has 1 atom stereocenters. The van der Waals surface area contributed by atoms with Crippen LogP contribution in [0, 0.1) is 5.92 Å². The standard InChI is InChI=1S/C23H44N2O2/c1-3-5-7-9-10-11-12-13-14-16-18-25-20-21(19-22(25)26)23(27)24-17-15-8-6-4-2/h21H,3-20H2,1-2H3,(H,24,27). The van der Waals surface area contributed by atoms with E-state index in [1.165, 1.54) is 77.0 Å². The van der Waals surface area contributed by atoms with E-state index in [-0.39, 0.29) is 17.7 Å². The maximum Gasteiger partial charge on any atom is 0.225 e. The quantitative estimate of drug-likeness (QED) is 0.341. The molecule has 1 aliphatic heterocycles. The van der Waals surface area contributed by atoms with Crippen LogP contribution in [0.2, 0.25) is 0 Å². The summed E-state index contributed by atoms with van der Waals surface area (Å²) in [7, 11) is 0. The van der Waals surface area contributed by atoms with E-state index in [4.69, 9.17) is 0 Å². The molecule has 1 unspecified atom stereocenters. The van der Waals surface area contributed by atoms with Crippen molar-refractivity contribution >= 4 is 11.8 Å². The van der Waals surface area contributed by atoms with Gasteiger partial charge in [-0.1, -0.05) is 90.9 Å². The molecule has 0 bridgehead atoms. The number of carbonyl (C=O) groups is 2. The van der Waals surface area contributed by atoms with Gasteiger partial charge in [0.15, 0.2) is 0 Å². The Hall–Kier alpha value is -1.06. The van der Waals surface area contributed by atoms with Crippen LogP contribution in [0.5, 0.6) is 0 Å². The van der Waals surface area contributed by atoms with Gasteiger partial charge in [-0.3, -0.25) is 9.59 Å². The second-order valence-electron chi connectivity index (χ2n) is 8.27. The molecule has 2 amide bonds. The molecule has 0 spiro atoms. The van der Waals surface area contributed by atoms with Gasteiger partial charge in [0.2, 0.25) is 11.8 Å². The van der Waals surface area contributed by atoms with Crippen molar-refractivity contribution in [1.82, 2.24) is 10.2 Å². The zero-order valence-corrected chi connectivity index (χ0v) is 18.1. The molecular formula is C23H44N2O2. The smallest absolute Gasteiger partial charge is 0.225 e. The van der Waals surface area contributed by atoms with Gasteiger partial charge in [-0.05, 0) is 12.8 Å². The zero-order valence-electron chi connectivity index (χ0n) is 18.1. The van der Waals surface area contributed by atoms with E-state index in [9.17, 15) is 9.59 Å². The molecule has 0 aromatic heterocycles. The molecule has 1 heterocycles. The van der Waals surface area contributed by atoms with Crippen LogP contribution in [0.15, 0.2) is 0 Å². The Morgan fingerprint density at radius 2 is 1.37 bits per heavy atom. The Balaban J connectivity index is 2.02. The molecule has 0 aromatic carbocycles. The first-order valence-corrected chi connectivity index (χ1v) is 11.7. The third kappa shape index (κ3) is 11.4. The topological polar surface area (TPSA) is 49.4 Å². The summed E-state index contributed by atoms with van der Waals surface area (Å²) in [6, 6.07) is 0. The maximum absolute atomic E-state index is 12.2. The summed E-state index contributed by atoms with van der Waals surface area (Å²) in [6.07, 6.45) is 18.1. The van der Waals surface area contributed by atoms with Crippen molar-refractivity contribution in [3.63, 3.8) is 0 Å². The number of unbranched alkanes of at least 4 members (excludes halogenated alkanes) is 12. The summed E-state index contributed by atoms with van der Waals surface area (Å²) in [5.41, 5.74) is 0. The van der Waals surface area contributed by atoms with E-state index < -0.39 is 0 Å². The SMILES string of the molecule is CCCCCCCCCCCCN1CC(C(=O)NCCCCCC)CC1=O. The second-order valence-corrected chi connectivity index (χ2v) is 8.27. The fraction of sp³-hybridized carbons (Fsp3) is 0.913. The van der Waals surface area contributed by atoms with Crippen molar-refractivity contribution in [1.29, 1.82) is 0 Å². The number of hydrogen-bond acceptors (Lipinski definition) is 2. The number of carbonyl (C=O) groups excluding carboxylic acids is 2. The van der Waals surface area contributed by atoms with Crippen molar-refractivity contribution in [2.75, 3.05) is 19.6 Å². The molecule has 0 saturated carbocycles. The van der Waals surface area contributed by atoms with Gasteiger partial charge >= 0.3 is 0 Å². The fourth-order valence-electron chi connectivity index (χ4n) is 3.86. The van der Waals surface area contributed by atoms with Crippen LogP contribution >= 0.6 is 0 Å². The minimum Gasteiger partial charge on any atom is -0.356 e. The fourth-order valence-corrected chi connectivity index (χ4v) is 3.86. The number of nitrogens with zero attached hydrogens (tertiary/aromatic N) is 1. The predicted octanol–water partition coefficient (Wildman–Crippen LogP) is 5.45. The summed E-state index contributed by atoms with van der Waals surface area (Å²) in [6.45, 7) is 6.65. The number of hydrogen-bond donors (Lipinski definition) is 1. The monoisotopic (exact) mass is 380 g/mol. The molecule has 1 rings (SSSR count). The Bertz CT molecular complexity index is 398. The van der Waals surface area contributed by atoms with Crippen molar-refractivity contribution in [2.45, 2.75) is 110 Å². The second kappa shape index (κ2) is 15.9. The first kappa shape index (κ1) is 24.0. The lowest BCUT2D eigenvalue weighted by Gasteiger charge is -2.16. The molecule has 0 radical (unpaired) electrons. The summed E-state index contributed by atoms with van der Waals surface area (Å²) in [5.74, 6) is 0.106. The van der Waals surface area contributed by atoms with Crippen LogP contribution in [0.4, 0.5) is 0 Å². The minimum atomic E-state index is -0.133. The number of nitrogens with one attached hydrogen (secondary N) is 1. The first-order valence-electron chi connectivity index (χ1n) is 11.7. The number of likely N-dealkylation sites (tertiary alicyclic amines) is 1. The molecule has 1 aliphatic rings. The highest BCUT2D eigenvalue weighted by atomic mass is 16.2. The lowest BCUT2D eigenvalue weighted by Crippen LogP contribution is -2.33. The van der Waals surface area contributed by atoms with Gasteiger partial charge in [0.25, 0.3) is 0 Å². The van der Waals surface area contributed by atoms with Gasteiger partial charge in [0.1, 0.15) is 0 Å². The Morgan fingerprint density at radius 1 is 0.852 bits per heavy atom. The van der Waals surface area contributed by atoms with Gasteiger partial charge < -0.3 is 10.2 Å². The molecule has 0 aromatic rings. The lowest BCUT2D eigenvalue weighted by molar-refractivity contribution is -0.129. The molecule has 1 fully saturated rings. The van der Waals surface area contributed by atoms with Crippen molar-refractivity contribution < 1.29 is 9.59 Å². The molecule has 158 valence electrons. The largest absolute Gasteiger partial charge is 0.356 e. The third-order valence-corrected chi connectivity index (χ3v) is 5.70. The first-order chi connectivity index (χ1) is 13.2.